The molecule has 2 rings (SSSR count). The summed E-state index contributed by atoms with van der Waals surface area (Å²) in [4.78, 5) is 28.5. The lowest BCUT2D eigenvalue weighted by atomic mass is 9.87. The molecule has 2 heterocycles. The maximum Gasteiger partial charge on any atom is 0.309 e. The number of hydrogen-bond donors (Lipinski definition) is 1. The van der Waals surface area contributed by atoms with Crippen molar-refractivity contribution in [2.75, 3.05) is 7.05 Å². The van der Waals surface area contributed by atoms with Crippen LogP contribution in [0.3, 0.4) is 0 Å². The first-order chi connectivity index (χ1) is 8.11. The number of piperidine rings is 1. The molecule has 0 unspecified atom stereocenters. The Bertz CT molecular complexity index is 433. The molecule has 90 valence electrons. The van der Waals surface area contributed by atoms with Crippen LogP contribution in [-0.4, -0.2) is 33.9 Å². The van der Waals surface area contributed by atoms with E-state index in [1.807, 2.05) is 0 Å². The molecule has 1 aromatic rings. The van der Waals surface area contributed by atoms with Crippen molar-refractivity contribution >= 4 is 11.9 Å². The minimum absolute atomic E-state index is 0.0295. The molecule has 1 saturated heterocycles. The van der Waals surface area contributed by atoms with E-state index in [9.17, 15) is 14.7 Å². The smallest absolute Gasteiger partial charge is 0.309 e. The molecule has 0 spiro atoms. The number of rotatable bonds is 2. The zero-order chi connectivity index (χ0) is 12.4. The van der Waals surface area contributed by atoms with Gasteiger partial charge in [0, 0.05) is 19.7 Å². The van der Waals surface area contributed by atoms with E-state index < -0.39 is 17.9 Å². The molecule has 1 aromatic heterocycles. The molecule has 0 radical (unpaired) electrons. The Morgan fingerprint density at radius 2 is 2.29 bits per heavy atom. The van der Waals surface area contributed by atoms with Gasteiger partial charge in [0.2, 0.25) is 5.91 Å². The Morgan fingerprint density at radius 1 is 1.53 bits per heavy atom. The molecule has 1 N–H and O–H groups in total. The van der Waals surface area contributed by atoms with E-state index in [2.05, 4.69) is 4.98 Å². The molecular formula is C12H14N2O3. The first-order valence-corrected chi connectivity index (χ1v) is 5.50. The lowest BCUT2D eigenvalue weighted by Crippen LogP contribution is -2.43. The number of likely N-dealkylation sites (tertiary alicyclic amines) is 1. The second-order valence-electron chi connectivity index (χ2n) is 4.19. The summed E-state index contributed by atoms with van der Waals surface area (Å²) in [5.41, 5.74) is 0.635. The zero-order valence-electron chi connectivity index (χ0n) is 9.54. The molecule has 2 atom stereocenters. The van der Waals surface area contributed by atoms with Gasteiger partial charge in [0.15, 0.2) is 0 Å². The Labute approximate surface area is 99.1 Å². The summed E-state index contributed by atoms with van der Waals surface area (Å²) in [6, 6.07) is 4.86. The highest BCUT2D eigenvalue weighted by Crippen LogP contribution is 2.34. The third-order valence-electron chi connectivity index (χ3n) is 3.17. The number of carbonyl (C=O) groups is 2. The number of nitrogens with zero attached hydrogens (tertiary/aromatic N) is 2. The summed E-state index contributed by atoms with van der Waals surface area (Å²) in [6.07, 6.45) is 2.28. The van der Waals surface area contributed by atoms with Gasteiger partial charge in [-0.1, -0.05) is 6.07 Å². The Balaban J connectivity index is 2.37. The van der Waals surface area contributed by atoms with Crippen molar-refractivity contribution in [2.24, 2.45) is 5.92 Å². The van der Waals surface area contributed by atoms with Gasteiger partial charge in [-0.15, -0.1) is 0 Å². The van der Waals surface area contributed by atoms with E-state index >= 15 is 0 Å². The van der Waals surface area contributed by atoms with Crippen molar-refractivity contribution in [3.8, 4) is 0 Å². The minimum Gasteiger partial charge on any atom is -0.481 e. The average molecular weight is 234 g/mol. The maximum atomic E-state index is 11.7. The summed E-state index contributed by atoms with van der Waals surface area (Å²) in [5.74, 6) is -1.48. The number of hydrogen-bond acceptors (Lipinski definition) is 3. The van der Waals surface area contributed by atoms with Crippen molar-refractivity contribution in [3.05, 3.63) is 30.1 Å². The van der Waals surface area contributed by atoms with Crippen LogP contribution < -0.4 is 0 Å². The van der Waals surface area contributed by atoms with Crippen molar-refractivity contribution in [2.45, 2.75) is 18.9 Å². The standard InChI is InChI=1S/C12H14N2O3/c1-14-10(15)6-5-8(12(16)17)11(14)9-4-2-3-7-13-9/h2-4,7-8,11H,5-6H2,1H3,(H,16,17)/t8-,11-/m0/s1. The first kappa shape index (κ1) is 11.6. The van der Waals surface area contributed by atoms with E-state index in [1.165, 1.54) is 4.90 Å². The van der Waals surface area contributed by atoms with Gasteiger partial charge in [-0.25, -0.2) is 0 Å². The zero-order valence-corrected chi connectivity index (χ0v) is 9.54. The Morgan fingerprint density at radius 3 is 2.88 bits per heavy atom. The second kappa shape index (κ2) is 4.53. The van der Waals surface area contributed by atoms with Gasteiger partial charge < -0.3 is 10.0 Å². The van der Waals surface area contributed by atoms with Crippen LogP contribution in [0.2, 0.25) is 0 Å². The average Bonchev–Trinajstić information content (AvgIpc) is 2.33. The first-order valence-electron chi connectivity index (χ1n) is 5.50. The third kappa shape index (κ3) is 2.13. The van der Waals surface area contributed by atoms with Gasteiger partial charge in [0.25, 0.3) is 0 Å². The predicted molar refractivity (Wildman–Crippen MR) is 60.1 cm³/mol. The number of carboxylic acid groups (broad SMARTS) is 1. The van der Waals surface area contributed by atoms with Crippen LogP contribution in [0.1, 0.15) is 24.6 Å². The van der Waals surface area contributed by atoms with Gasteiger partial charge in [-0.3, -0.25) is 14.6 Å². The monoisotopic (exact) mass is 234 g/mol. The summed E-state index contributed by atoms with van der Waals surface area (Å²) in [5, 5.41) is 9.21. The molecule has 1 amide bonds. The van der Waals surface area contributed by atoms with E-state index in [0.717, 1.165) is 0 Å². The molecule has 5 nitrogen and oxygen atoms in total. The van der Waals surface area contributed by atoms with Crippen LogP contribution in [0.4, 0.5) is 0 Å². The number of amides is 1. The van der Waals surface area contributed by atoms with Crippen LogP contribution in [0.5, 0.6) is 0 Å². The van der Waals surface area contributed by atoms with Crippen LogP contribution in [-0.2, 0) is 9.59 Å². The van der Waals surface area contributed by atoms with Gasteiger partial charge in [0.05, 0.1) is 17.7 Å². The number of aliphatic carboxylic acids is 1. The predicted octanol–water partition coefficient (Wildman–Crippen LogP) is 1.08. The molecule has 0 bridgehead atoms. The third-order valence-corrected chi connectivity index (χ3v) is 3.17. The number of aromatic nitrogens is 1. The van der Waals surface area contributed by atoms with Gasteiger partial charge in [0.1, 0.15) is 0 Å². The molecule has 1 fully saturated rings. The molecular weight excluding hydrogens is 220 g/mol. The van der Waals surface area contributed by atoms with Crippen molar-refractivity contribution in [3.63, 3.8) is 0 Å². The van der Waals surface area contributed by atoms with E-state index in [0.29, 0.717) is 12.1 Å². The van der Waals surface area contributed by atoms with Crippen LogP contribution in [0, 0.1) is 5.92 Å². The number of pyridine rings is 1. The van der Waals surface area contributed by atoms with Crippen LogP contribution in [0.15, 0.2) is 24.4 Å². The van der Waals surface area contributed by atoms with Gasteiger partial charge >= 0.3 is 5.97 Å². The second-order valence-corrected chi connectivity index (χ2v) is 4.19. The molecule has 1 aliphatic heterocycles. The topological polar surface area (TPSA) is 70.5 Å². The van der Waals surface area contributed by atoms with Crippen molar-refractivity contribution in [1.82, 2.24) is 9.88 Å². The van der Waals surface area contributed by atoms with E-state index in [4.69, 9.17) is 0 Å². The van der Waals surface area contributed by atoms with Crippen LogP contribution >= 0.6 is 0 Å². The lowest BCUT2D eigenvalue weighted by Gasteiger charge is -2.36. The minimum atomic E-state index is -0.875. The summed E-state index contributed by atoms with van der Waals surface area (Å²) >= 11 is 0. The lowest BCUT2D eigenvalue weighted by molar-refractivity contribution is -0.151. The summed E-state index contributed by atoms with van der Waals surface area (Å²) < 4.78 is 0. The molecule has 0 saturated carbocycles. The quantitative estimate of drug-likeness (QED) is 0.831. The molecule has 5 heteroatoms. The fraction of sp³-hybridized carbons (Fsp3) is 0.417. The fourth-order valence-electron chi connectivity index (χ4n) is 2.25. The largest absolute Gasteiger partial charge is 0.481 e. The highest BCUT2D eigenvalue weighted by Gasteiger charge is 2.39. The van der Waals surface area contributed by atoms with Crippen molar-refractivity contribution < 1.29 is 14.7 Å². The van der Waals surface area contributed by atoms with E-state index in [1.54, 1.807) is 31.4 Å². The van der Waals surface area contributed by atoms with Gasteiger partial charge in [-0.05, 0) is 18.6 Å². The highest BCUT2D eigenvalue weighted by atomic mass is 16.4. The van der Waals surface area contributed by atoms with Crippen LogP contribution in [0.25, 0.3) is 0 Å². The van der Waals surface area contributed by atoms with E-state index in [-0.39, 0.29) is 12.3 Å². The summed E-state index contributed by atoms with van der Waals surface area (Å²) in [7, 11) is 1.64. The summed E-state index contributed by atoms with van der Waals surface area (Å²) in [6.45, 7) is 0. The molecule has 17 heavy (non-hydrogen) atoms. The fourth-order valence-corrected chi connectivity index (χ4v) is 2.25. The van der Waals surface area contributed by atoms with Gasteiger partial charge in [-0.2, -0.15) is 0 Å². The molecule has 1 aliphatic rings. The maximum absolute atomic E-state index is 11.7. The number of carbonyl (C=O) groups excluding carboxylic acids is 1. The highest BCUT2D eigenvalue weighted by molar-refractivity contribution is 5.81. The van der Waals surface area contributed by atoms with Crippen molar-refractivity contribution in [1.29, 1.82) is 0 Å². The Kier molecular flexibility index (Phi) is 3.08. The SMILES string of the molecule is CN1C(=O)CC[C@H](C(=O)O)[C@H]1c1ccccn1. The molecule has 0 aliphatic carbocycles. The molecule has 0 aromatic carbocycles. The normalized spacial score (nSPS) is 24.8. The Hall–Kier alpha value is -1.91. The number of carboxylic acids is 1.